The van der Waals surface area contributed by atoms with Gasteiger partial charge < -0.3 is 14.8 Å². The molecular weight excluding hydrogens is 440 g/mol. The van der Waals surface area contributed by atoms with Crippen LogP contribution in [-0.2, 0) is 14.8 Å². The molecule has 2 aromatic carbocycles. The molecule has 2 rings (SSSR count). The van der Waals surface area contributed by atoms with E-state index >= 15 is 0 Å². The summed E-state index contributed by atoms with van der Waals surface area (Å²) in [4.78, 5) is 12.1. The predicted octanol–water partition coefficient (Wildman–Crippen LogP) is 3.71. The monoisotopic (exact) mass is 468 g/mol. The molecular formula is C22H29ClN2O5S. The molecule has 0 aliphatic rings. The number of sulfonamides is 1. The molecule has 0 unspecified atom stereocenters. The summed E-state index contributed by atoms with van der Waals surface area (Å²) in [6.45, 7) is 4.90. The lowest BCUT2D eigenvalue weighted by Crippen LogP contribution is -2.33. The van der Waals surface area contributed by atoms with Crippen LogP contribution >= 0.6 is 11.6 Å². The SMILES string of the molecule is COc1ccc(N(CCCC(=O)NCCOc2cccc(C)c2C)S(C)(=O)=O)cc1Cl. The van der Waals surface area contributed by atoms with Crippen molar-refractivity contribution in [2.45, 2.75) is 26.7 Å². The molecule has 0 heterocycles. The van der Waals surface area contributed by atoms with Gasteiger partial charge in [-0.25, -0.2) is 8.42 Å². The third kappa shape index (κ3) is 7.33. The molecule has 1 amide bonds. The Kier molecular flexibility index (Phi) is 9.00. The summed E-state index contributed by atoms with van der Waals surface area (Å²) >= 11 is 6.12. The van der Waals surface area contributed by atoms with Gasteiger partial charge in [-0.3, -0.25) is 9.10 Å². The van der Waals surface area contributed by atoms with E-state index in [1.54, 1.807) is 12.1 Å². The largest absolute Gasteiger partial charge is 0.495 e. The van der Waals surface area contributed by atoms with Gasteiger partial charge in [-0.2, -0.15) is 0 Å². The third-order valence-electron chi connectivity index (χ3n) is 4.83. The molecule has 0 aliphatic heterocycles. The minimum absolute atomic E-state index is 0.161. The van der Waals surface area contributed by atoms with E-state index < -0.39 is 10.0 Å². The molecule has 0 spiro atoms. The van der Waals surface area contributed by atoms with Crippen LogP contribution in [-0.4, -0.2) is 47.4 Å². The minimum Gasteiger partial charge on any atom is -0.495 e. The Balaban J connectivity index is 1.82. The molecule has 2 aromatic rings. The van der Waals surface area contributed by atoms with Crippen molar-refractivity contribution in [1.82, 2.24) is 5.32 Å². The average Bonchev–Trinajstić information content (AvgIpc) is 2.70. The van der Waals surface area contributed by atoms with Gasteiger partial charge in [0, 0.05) is 13.0 Å². The van der Waals surface area contributed by atoms with Crippen molar-refractivity contribution in [3.05, 3.63) is 52.5 Å². The van der Waals surface area contributed by atoms with E-state index in [-0.39, 0.29) is 18.9 Å². The summed E-state index contributed by atoms with van der Waals surface area (Å²) in [5.74, 6) is 1.10. The Hall–Kier alpha value is -2.45. The number of hydrogen-bond donors (Lipinski definition) is 1. The van der Waals surface area contributed by atoms with Gasteiger partial charge in [0.15, 0.2) is 0 Å². The number of aryl methyl sites for hydroxylation is 1. The molecule has 9 heteroatoms. The zero-order valence-corrected chi connectivity index (χ0v) is 19.8. The lowest BCUT2D eigenvalue weighted by atomic mass is 10.1. The minimum atomic E-state index is -3.53. The predicted molar refractivity (Wildman–Crippen MR) is 124 cm³/mol. The summed E-state index contributed by atoms with van der Waals surface area (Å²) < 4.78 is 36.5. The van der Waals surface area contributed by atoms with Crippen molar-refractivity contribution in [3.8, 4) is 11.5 Å². The summed E-state index contributed by atoms with van der Waals surface area (Å²) in [6, 6.07) is 10.6. The number of carbonyl (C=O) groups is 1. The second-order valence-electron chi connectivity index (χ2n) is 7.15. The van der Waals surface area contributed by atoms with Crippen LogP contribution in [0.4, 0.5) is 5.69 Å². The first kappa shape index (κ1) is 24.8. The van der Waals surface area contributed by atoms with Gasteiger partial charge in [0.05, 0.1) is 30.6 Å². The highest BCUT2D eigenvalue weighted by Gasteiger charge is 2.19. The number of carbonyl (C=O) groups excluding carboxylic acids is 1. The van der Waals surface area contributed by atoms with Crippen LogP contribution in [0.3, 0.4) is 0 Å². The van der Waals surface area contributed by atoms with Crippen LogP contribution in [0.1, 0.15) is 24.0 Å². The summed E-state index contributed by atoms with van der Waals surface area (Å²) in [5, 5.41) is 3.11. The molecule has 0 saturated heterocycles. The number of halogens is 1. The Bertz CT molecular complexity index is 1010. The highest BCUT2D eigenvalue weighted by atomic mass is 35.5. The van der Waals surface area contributed by atoms with Crippen molar-refractivity contribution in [2.75, 3.05) is 37.4 Å². The number of methoxy groups -OCH3 is 1. The second-order valence-corrected chi connectivity index (χ2v) is 9.47. The normalized spacial score (nSPS) is 11.1. The van der Waals surface area contributed by atoms with E-state index in [4.69, 9.17) is 21.1 Å². The number of rotatable bonds is 11. The van der Waals surface area contributed by atoms with Crippen LogP contribution in [0.15, 0.2) is 36.4 Å². The highest BCUT2D eigenvalue weighted by Crippen LogP contribution is 2.30. The smallest absolute Gasteiger partial charge is 0.232 e. The first-order valence-corrected chi connectivity index (χ1v) is 12.1. The van der Waals surface area contributed by atoms with Gasteiger partial charge in [-0.1, -0.05) is 23.7 Å². The van der Waals surface area contributed by atoms with Crippen LogP contribution in [0.25, 0.3) is 0 Å². The molecule has 31 heavy (non-hydrogen) atoms. The molecule has 0 saturated carbocycles. The standard InChI is InChI=1S/C22H29ClN2O5S/c1-16-7-5-8-20(17(16)2)30-14-12-24-22(26)9-6-13-25(31(4,27)28)18-10-11-21(29-3)19(23)15-18/h5,7-8,10-11,15H,6,9,12-14H2,1-4H3,(H,24,26). The molecule has 1 N–H and O–H groups in total. The van der Waals surface area contributed by atoms with Crippen molar-refractivity contribution in [1.29, 1.82) is 0 Å². The summed E-state index contributed by atoms with van der Waals surface area (Å²) in [5.41, 5.74) is 2.65. The number of benzene rings is 2. The topological polar surface area (TPSA) is 84.9 Å². The van der Waals surface area contributed by atoms with Crippen LogP contribution in [0.5, 0.6) is 11.5 Å². The summed E-state index contributed by atoms with van der Waals surface area (Å²) in [7, 11) is -2.04. The van der Waals surface area contributed by atoms with Crippen LogP contribution in [0, 0.1) is 13.8 Å². The average molecular weight is 469 g/mol. The first-order valence-electron chi connectivity index (χ1n) is 9.90. The van der Waals surface area contributed by atoms with E-state index in [1.165, 1.54) is 17.5 Å². The molecule has 0 aromatic heterocycles. The Morgan fingerprint density at radius 1 is 1.16 bits per heavy atom. The fraction of sp³-hybridized carbons (Fsp3) is 0.409. The molecule has 0 aliphatic carbocycles. The summed E-state index contributed by atoms with van der Waals surface area (Å²) in [6.07, 6.45) is 1.68. The van der Waals surface area contributed by atoms with Crippen molar-refractivity contribution in [3.63, 3.8) is 0 Å². The third-order valence-corrected chi connectivity index (χ3v) is 6.31. The maximum Gasteiger partial charge on any atom is 0.232 e. The number of nitrogens with one attached hydrogen (secondary N) is 1. The molecule has 170 valence electrons. The van der Waals surface area contributed by atoms with Gasteiger partial charge in [0.1, 0.15) is 18.1 Å². The van der Waals surface area contributed by atoms with E-state index in [1.807, 2.05) is 32.0 Å². The lowest BCUT2D eigenvalue weighted by molar-refractivity contribution is -0.121. The quantitative estimate of drug-likeness (QED) is 0.508. The number of ether oxygens (including phenoxy) is 2. The fourth-order valence-electron chi connectivity index (χ4n) is 3.00. The molecule has 0 radical (unpaired) electrons. The Morgan fingerprint density at radius 3 is 2.55 bits per heavy atom. The Morgan fingerprint density at radius 2 is 1.90 bits per heavy atom. The number of hydrogen-bond acceptors (Lipinski definition) is 5. The highest BCUT2D eigenvalue weighted by molar-refractivity contribution is 7.92. The van der Waals surface area contributed by atoms with Crippen molar-refractivity contribution < 1.29 is 22.7 Å². The maximum absolute atomic E-state index is 12.2. The molecule has 0 atom stereocenters. The Labute approximate surface area is 189 Å². The van der Waals surface area contributed by atoms with Crippen molar-refractivity contribution in [2.24, 2.45) is 0 Å². The fourth-order valence-corrected chi connectivity index (χ4v) is 4.21. The number of anilines is 1. The van der Waals surface area contributed by atoms with Gasteiger partial charge in [0.2, 0.25) is 15.9 Å². The first-order chi connectivity index (χ1) is 14.6. The van der Waals surface area contributed by atoms with Gasteiger partial charge >= 0.3 is 0 Å². The van der Waals surface area contributed by atoms with E-state index in [2.05, 4.69) is 5.32 Å². The van der Waals surface area contributed by atoms with Crippen LogP contribution in [0.2, 0.25) is 5.02 Å². The van der Waals surface area contributed by atoms with E-state index in [0.29, 0.717) is 36.0 Å². The van der Waals surface area contributed by atoms with E-state index in [9.17, 15) is 13.2 Å². The van der Waals surface area contributed by atoms with Gasteiger partial charge in [-0.15, -0.1) is 0 Å². The second kappa shape index (κ2) is 11.2. The zero-order chi connectivity index (χ0) is 23.0. The van der Waals surface area contributed by atoms with Gasteiger partial charge in [-0.05, 0) is 55.7 Å². The lowest BCUT2D eigenvalue weighted by Gasteiger charge is -2.23. The zero-order valence-electron chi connectivity index (χ0n) is 18.3. The number of amides is 1. The van der Waals surface area contributed by atoms with Crippen molar-refractivity contribution >= 4 is 33.2 Å². The van der Waals surface area contributed by atoms with E-state index in [0.717, 1.165) is 23.1 Å². The van der Waals surface area contributed by atoms with Gasteiger partial charge in [0.25, 0.3) is 0 Å². The molecule has 0 fully saturated rings. The number of nitrogens with zero attached hydrogens (tertiary/aromatic N) is 1. The molecule has 7 nitrogen and oxygen atoms in total. The van der Waals surface area contributed by atoms with Crippen LogP contribution < -0.4 is 19.1 Å². The molecule has 0 bridgehead atoms. The maximum atomic E-state index is 12.2.